The van der Waals surface area contributed by atoms with Crippen molar-refractivity contribution in [2.24, 2.45) is 0 Å². The molecule has 0 spiro atoms. The second-order valence-corrected chi connectivity index (χ2v) is 8.25. The van der Waals surface area contributed by atoms with Gasteiger partial charge in [0.1, 0.15) is 0 Å². The molecule has 4 nitrogen and oxygen atoms in total. The van der Waals surface area contributed by atoms with Gasteiger partial charge in [-0.15, -0.1) is 0 Å². The van der Waals surface area contributed by atoms with Crippen LogP contribution >= 0.6 is 15.9 Å². The van der Waals surface area contributed by atoms with Gasteiger partial charge in [0.15, 0.2) is 0 Å². The molecule has 1 saturated carbocycles. The van der Waals surface area contributed by atoms with Crippen molar-refractivity contribution in [3.63, 3.8) is 0 Å². The smallest absolute Gasteiger partial charge is 0.230 e. The summed E-state index contributed by atoms with van der Waals surface area (Å²) in [6, 6.07) is 16.4. The third-order valence-corrected chi connectivity index (χ3v) is 6.21. The Bertz CT molecular complexity index is 926. The van der Waals surface area contributed by atoms with E-state index in [9.17, 15) is 4.79 Å². The molecular formula is C22H24BrN3O. The maximum absolute atomic E-state index is 13.1. The lowest BCUT2D eigenvalue weighted by molar-refractivity contribution is -0.126. The Kier molecular flexibility index (Phi) is 5.30. The summed E-state index contributed by atoms with van der Waals surface area (Å²) in [6.07, 6.45) is 6.88. The fraction of sp³-hybridized carbons (Fsp3) is 0.364. The summed E-state index contributed by atoms with van der Waals surface area (Å²) in [7, 11) is 0. The van der Waals surface area contributed by atoms with Crippen molar-refractivity contribution in [1.29, 1.82) is 0 Å². The van der Waals surface area contributed by atoms with E-state index in [0.717, 1.165) is 59.7 Å². The molecule has 3 aromatic rings. The monoisotopic (exact) mass is 425 g/mol. The first-order valence-corrected chi connectivity index (χ1v) is 10.4. The molecule has 0 radical (unpaired) electrons. The molecule has 1 N–H and O–H groups in total. The second kappa shape index (κ2) is 7.85. The quantitative estimate of drug-likeness (QED) is 0.575. The van der Waals surface area contributed by atoms with Crippen LogP contribution in [0, 0.1) is 0 Å². The summed E-state index contributed by atoms with van der Waals surface area (Å²) in [5.74, 6) is 0.179. The zero-order valence-corrected chi connectivity index (χ0v) is 16.9. The van der Waals surface area contributed by atoms with E-state index in [0.29, 0.717) is 6.54 Å². The molecule has 0 aliphatic heterocycles. The fourth-order valence-corrected chi connectivity index (χ4v) is 4.47. The molecular weight excluding hydrogens is 402 g/mol. The van der Waals surface area contributed by atoms with Crippen molar-refractivity contribution in [3.05, 3.63) is 64.9 Å². The van der Waals surface area contributed by atoms with E-state index < -0.39 is 0 Å². The topological polar surface area (TPSA) is 46.9 Å². The van der Waals surface area contributed by atoms with Crippen LogP contribution < -0.4 is 5.32 Å². The number of imidazole rings is 1. The Labute approximate surface area is 168 Å². The lowest BCUT2D eigenvalue weighted by atomic mass is 9.78. The molecule has 0 bridgehead atoms. The van der Waals surface area contributed by atoms with Crippen LogP contribution in [0.5, 0.6) is 0 Å². The molecule has 140 valence electrons. The number of carbonyl (C=O) groups is 1. The van der Waals surface area contributed by atoms with Crippen LogP contribution in [0.4, 0.5) is 0 Å². The number of carbonyl (C=O) groups excluding carboxylic acids is 1. The van der Waals surface area contributed by atoms with Crippen molar-refractivity contribution in [2.45, 2.75) is 44.1 Å². The number of nitrogens with one attached hydrogen (secondary N) is 1. The second-order valence-electron chi connectivity index (χ2n) is 7.33. The normalized spacial score (nSPS) is 15.9. The van der Waals surface area contributed by atoms with Gasteiger partial charge in [0.2, 0.25) is 5.91 Å². The van der Waals surface area contributed by atoms with Gasteiger partial charge in [-0.3, -0.25) is 4.79 Å². The Morgan fingerprint density at radius 1 is 1.11 bits per heavy atom. The molecule has 1 aliphatic rings. The van der Waals surface area contributed by atoms with Crippen LogP contribution in [0.15, 0.2) is 59.3 Å². The third-order valence-electron chi connectivity index (χ3n) is 5.68. The number of aryl methyl sites for hydroxylation is 1. The highest BCUT2D eigenvalue weighted by molar-refractivity contribution is 9.10. The van der Waals surface area contributed by atoms with Crippen LogP contribution in [0.3, 0.4) is 0 Å². The molecule has 0 saturated heterocycles. The van der Waals surface area contributed by atoms with Gasteiger partial charge in [-0.2, -0.15) is 0 Å². The number of rotatable bonds is 6. The van der Waals surface area contributed by atoms with Gasteiger partial charge >= 0.3 is 0 Å². The minimum atomic E-state index is -0.359. The predicted molar refractivity (Wildman–Crippen MR) is 112 cm³/mol. The fourth-order valence-electron chi connectivity index (χ4n) is 4.20. The standard InChI is InChI=1S/C22H24BrN3O/c23-18-10-8-17(9-11-18)22(12-3-4-13-22)21(27)24-14-5-15-26-16-25-19-6-1-2-7-20(19)26/h1-2,6-11,16H,3-5,12-15H2,(H,24,27). The van der Waals surface area contributed by atoms with Crippen LogP contribution in [0.25, 0.3) is 11.0 Å². The van der Waals surface area contributed by atoms with Crippen LogP contribution in [-0.4, -0.2) is 22.0 Å². The van der Waals surface area contributed by atoms with E-state index >= 15 is 0 Å². The summed E-state index contributed by atoms with van der Waals surface area (Å²) < 4.78 is 3.20. The number of amides is 1. The first-order valence-electron chi connectivity index (χ1n) is 9.63. The van der Waals surface area contributed by atoms with Gasteiger partial charge < -0.3 is 9.88 Å². The molecule has 1 aromatic heterocycles. The van der Waals surface area contributed by atoms with E-state index in [2.05, 4.69) is 49.0 Å². The van der Waals surface area contributed by atoms with Crippen molar-refractivity contribution >= 4 is 32.9 Å². The molecule has 5 heteroatoms. The minimum Gasteiger partial charge on any atom is -0.355 e. The predicted octanol–water partition coefficient (Wildman–Crippen LogP) is 4.82. The number of aromatic nitrogens is 2. The van der Waals surface area contributed by atoms with E-state index in [1.54, 1.807) is 0 Å². The lowest BCUT2D eigenvalue weighted by Gasteiger charge is -2.28. The molecule has 1 aliphatic carbocycles. The Morgan fingerprint density at radius 3 is 2.63 bits per heavy atom. The number of hydrogen-bond acceptors (Lipinski definition) is 2. The summed E-state index contributed by atoms with van der Waals surface area (Å²) in [6.45, 7) is 1.54. The van der Waals surface area contributed by atoms with Crippen molar-refractivity contribution in [1.82, 2.24) is 14.9 Å². The summed E-state index contributed by atoms with van der Waals surface area (Å²) in [5, 5.41) is 3.20. The van der Waals surface area contributed by atoms with E-state index in [4.69, 9.17) is 0 Å². The van der Waals surface area contributed by atoms with Gasteiger partial charge in [0.25, 0.3) is 0 Å². The average molecular weight is 426 g/mol. The number of halogens is 1. The lowest BCUT2D eigenvalue weighted by Crippen LogP contribution is -2.43. The molecule has 4 rings (SSSR count). The van der Waals surface area contributed by atoms with Crippen molar-refractivity contribution in [2.75, 3.05) is 6.54 Å². The molecule has 27 heavy (non-hydrogen) atoms. The highest BCUT2D eigenvalue weighted by Crippen LogP contribution is 2.41. The largest absolute Gasteiger partial charge is 0.355 e. The van der Waals surface area contributed by atoms with Crippen LogP contribution in [-0.2, 0) is 16.8 Å². The first-order chi connectivity index (χ1) is 13.2. The van der Waals surface area contributed by atoms with Crippen LogP contribution in [0.1, 0.15) is 37.7 Å². The number of fused-ring (bicyclic) bond motifs is 1. The summed E-state index contributed by atoms with van der Waals surface area (Å²) in [4.78, 5) is 17.5. The van der Waals surface area contributed by atoms with E-state index in [1.165, 1.54) is 0 Å². The zero-order valence-electron chi connectivity index (χ0n) is 15.3. The van der Waals surface area contributed by atoms with E-state index in [-0.39, 0.29) is 11.3 Å². The van der Waals surface area contributed by atoms with Crippen LogP contribution in [0.2, 0.25) is 0 Å². The molecule has 2 aromatic carbocycles. The number of hydrogen-bond donors (Lipinski definition) is 1. The minimum absolute atomic E-state index is 0.179. The summed E-state index contributed by atoms with van der Waals surface area (Å²) >= 11 is 3.49. The van der Waals surface area contributed by atoms with Crippen molar-refractivity contribution < 1.29 is 4.79 Å². The van der Waals surface area contributed by atoms with Gasteiger partial charge in [-0.25, -0.2) is 4.98 Å². The molecule has 1 heterocycles. The van der Waals surface area contributed by atoms with Gasteiger partial charge in [-0.05, 0) is 49.1 Å². The highest BCUT2D eigenvalue weighted by Gasteiger charge is 2.42. The average Bonchev–Trinajstić information content (AvgIpc) is 3.34. The first kappa shape index (κ1) is 18.2. The van der Waals surface area contributed by atoms with Gasteiger partial charge in [0.05, 0.1) is 22.8 Å². The van der Waals surface area contributed by atoms with E-state index in [1.807, 2.05) is 36.7 Å². The SMILES string of the molecule is O=C(NCCCn1cnc2ccccc21)C1(c2ccc(Br)cc2)CCCC1. The van der Waals surface area contributed by atoms with Crippen molar-refractivity contribution in [3.8, 4) is 0 Å². The molecule has 0 unspecified atom stereocenters. The maximum atomic E-state index is 13.1. The van der Waals surface area contributed by atoms with Gasteiger partial charge in [0, 0.05) is 17.6 Å². The Balaban J connectivity index is 1.38. The maximum Gasteiger partial charge on any atom is 0.230 e. The Hall–Kier alpha value is -2.14. The third kappa shape index (κ3) is 3.65. The summed E-state index contributed by atoms with van der Waals surface area (Å²) in [5.41, 5.74) is 2.94. The number of nitrogens with zero attached hydrogens (tertiary/aromatic N) is 2. The number of benzene rings is 2. The zero-order chi connectivity index (χ0) is 18.7. The van der Waals surface area contributed by atoms with Gasteiger partial charge in [-0.1, -0.05) is 53.0 Å². The molecule has 1 amide bonds. The molecule has 0 atom stereocenters. The highest BCUT2D eigenvalue weighted by atomic mass is 79.9. The molecule has 1 fully saturated rings. The Morgan fingerprint density at radius 2 is 1.85 bits per heavy atom. The number of para-hydroxylation sites is 2.